The molecule has 1 heterocycles. The molecule has 1 aromatic heterocycles. The van der Waals surface area contributed by atoms with E-state index in [2.05, 4.69) is 17.3 Å². The zero-order valence-corrected chi connectivity index (χ0v) is 11.2. The highest BCUT2D eigenvalue weighted by Gasteiger charge is 2.10. The molecule has 0 radical (unpaired) electrons. The summed E-state index contributed by atoms with van der Waals surface area (Å²) in [6.07, 6.45) is 0. The van der Waals surface area contributed by atoms with E-state index < -0.39 is 5.97 Å². The van der Waals surface area contributed by atoms with Gasteiger partial charge in [0.25, 0.3) is 0 Å². The van der Waals surface area contributed by atoms with Crippen LogP contribution in [0.5, 0.6) is 0 Å². The van der Waals surface area contributed by atoms with Crippen molar-refractivity contribution in [2.24, 2.45) is 0 Å². The van der Waals surface area contributed by atoms with Crippen molar-refractivity contribution < 1.29 is 19.2 Å². The van der Waals surface area contributed by atoms with E-state index in [-0.39, 0.29) is 12.3 Å². The molecule has 0 aliphatic heterocycles. The van der Waals surface area contributed by atoms with Crippen LogP contribution in [0.1, 0.15) is 21.8 Å². The van der Waals surface area contributed by atoms with Gasteiger partial charge in [-0.2, -0.15) is 0 Å². The molecule has 0 amide bonds. The van der Waals surface area contributed by atoms with Gasteiger partial charge in [0, 0.05) is 6.07 Å². The van der Waals surface area contributed by atoms with Gasteiger partial charge < -0.3 is 14.4 Å². The lowest BCUT2D eigenvalue weighted by atomic mass is 10.1. The van der Waals surface area contributed by atoms with E-state index in [0.717, 1.165) is 16.3 Å². The smallest absolute Gasteiger partial charge is 0.358 e. The number of fused-ring (bicyclic) bond motifs is 1. The summed E-state index contributed by atoms with van der Waals surface area (Å²) in [6, 6.07) is 15.5. The molecule has 21 heavy (non-hydrogen) atoms. The van der Waals surface area contributed by atoms with Crippen molar-refractivity contribution in [3.8, 4) is 0 Å². The molecule has 0 spiro atoms. The van der Waals surface area contributed by atoms with Gasteiger partial charge in [-0.05, 0) is 16.3 Å². The van der Waals surface area contributed by atoms with Gasteiger partial charge in [-0.25, -0.2) is 4.79 Å². The number of carboxylic acid groups (broad SMARTS) is 1. The predicted octanol–water partition coefficient (Wildman–Crippen LogP) is 3.24. The van der Waals surface area contributed by atoms with Crippen LogP contribution in [-0.2, 0) is 18.0 Å². The Bertz CT molecular complexity index is 773. The van der Waals surface area contributed by atoms with E-state index in [9.17, 15) is 4.79 Å². The van der Waals surface area contributed by atoms with E-state index in [1.165, 1.54) is 6.07 Å². The number of benzene rings is 2. The summed E-state index contributed by atoms with van der Waals surface area (Å²) in [5, 5.41) is 14.5. The fraction of sp³-hybridized carbons (Fsp3) is 0.125. The van der Waals surface area contributed by atoms with Crippen LogP contribution in [0, 0.1) is 0 Å². The van der Waals surface area contributed by atoms with Gasteiger partial charge in [0.15, 0.2) is 11.5 Å². The highest BCUT2D eigenvalue weighted by Crippen LogP contribution is 2.19. The Labute approximate surface area is 120 Å². The highest BCUT2D eigenvalue weighted by atomic mass is 16.5. The van der Waals surface area contributed by atoms with Crippen LogP contribution in [0.4, 0.5) is 0 Å². The molecule has 0 atom stereocenters. The van der Waals surface area contributed by atoms with Crippen LogP contribution in [0.25, 0.3) is 10.8 Å². The molecule has 1 N–H and O–H groups in total. The number of hydrogen-bond acceptors (Lipinski definition) is 4. The first-order valence-electron chi connectivity index (χ1n) is 6.47. The number of hydrogen-bond donors (Lipinski definition) is 1. The van der Waals surface area contributed by atoms with Crippen molar-refractivity contribution in [2.75, 3.05) is 0 Å². The predicted molar refractivity (Wildman–Crippen MR) is 75.9 cm³/mol. The fourth-order valence-corrected chi connectivity index (χ4v) is 2.16. The molecule has 0 aliphatic carbocycles. The molecule has 3 aromatic rings. The summed E-state index contributed by atoms with van der Waals surface area (Å²) < 4.78 is 10.5. The third-order valence-electron chi connectivity index (χ3n) is 3.16. The first kappa shape index (κ1) is 13.3. The molecule has 5 heteroatoms. The Morgan fingerprint density at radius 1 is 1.14 bits per heavy atom. The zero-order valence-electron chi connectivity index (χ0n) is 11.2. The number of ether oxygens (including phenoxy) is 1. The molecule has 0 unspecified atom stereocenters. The lowest BCUT2D eigenvalue weighted by Gasteiger charge is -2.06. The van der Waals surface area contributed by atoms with Gasteiger partial charge in [0.05, 0.1) is 6.61 Å². The average molecular weight is 283 g/mol. The molecule has 0 bridgehead atoms. The summed E-state index contributed by atoms with van der Waals surface area (Å²) in [5.41, 5.74) is 0.963. The van der Waals surface area contributed by atoms with Crippen LogP contribution in [0.3, 0.4) is 0 Å². The van der Waals surface area contributed by atoms with Crippen LogP contribution in [0.2, 0.25) is 0 Å². The summed E-state index contributed by atoms with van der Waals surface area (Å²) in [5.74, 6) is -0.716. The third-order valence-corrected chi connectivity index (χ3v) is 3.16. The number of rotatable bonds is 5. The Balaban J connectivity index is 1.68. The molecule has 3 rings (SSSR count). The van der Waals surface area contributed by atoms with E-state index in [0.29, 0.717) is 12.4 Å². The van der Waals surface area contributed by atoms with Gasteiger partial charge in [0.2, 0.25) is 0 Å². The molecular formula is C16H13NO4. The van der Waals surface area contributed by atoms with E-state index in [1.54, 1.807) is 0 Å². The molecule has 106 valence electrons. The average Bonchev–Trinajstić information content (AvgIpc) is 2.97. The monoisotopic (exact) mass is 283 g/mol. The van der Waals surface area contributed by atoms with Crippen LogP contribution >= 0.6 is 0 Å². The van der Waals surface area contributed by atoms with Gasteiger partial charge in [-0.1, -0.05) is 47.6 Å². The van der Waals surface area contributed by atoms with E-state index >= 15 is 0 Å². The largest absolute Gasteiger partial charge is 0.476 e. The Hall–Kier alpha value is -2.66. The first-order valence-corrected chi connectivity index (χ1v) is 6.47. The van der Waals surface area contributed by atoms with Gasteiger partial charge in [-0.15, -0.1) is 0 Å². The quantitative estimate of drug-likeness (QED) is 0.778. The minimum atomic E-state index is -1.11. The second-order valence-electron chi connectivity index (χ2n) is 4.61. The van der Waals surface area contributed by atoms with Crippen LogP contribution < -0.4 is 0 Å². The highest BCUT2D eigenvalue weighted by molar-refractivity contribution is 5.85. The van der Waals surface area contributed by atoms with Gasteiger partial charge >= 0.3 is 5.97 Å². The maximum Gasteiger partial charge on any atom is 0.358 e. The maximum atomic E-state index is 10.7. The number of nitrogens with zero attached hydrogens (tertiary/aromatic N) is 1. The standard InChI is InChI=1S/C16H13NO4/c18-16(19)15-8-13(21-17-15)10-20-9-12-6-3-5-11-4-1-2-7-14(11)12/h1-8H,9-10H2,(H,18,19). The number of aromatic nitrogens is 1. The van der Waals surface area contributed by atoms with Crippen LogP contribution in [0.15, 0.2) is 53.1 Å². The molecular weight excluding hydrogens is 270 g/mol. The Kier molecular flexibility index (Phi) is 3.66. The van der Waals surface area contributed by atoms with E-state index in [4.69, 9.17) is 14.4 Å². The number of carbonyl (C=O) groups is 1. The van der Waals surface area contributed by atoms with Gasteiger partial charge in [0.1, 0.15) is 6.61 Å². The Morgan fingerprint density at radius 3 is 2.76 bits per heavy atom. The van der Waals surface area contributed by atoms with Crippen molar-refractivity contribution in [3.63, 3.8) is 0 Å². The minimum absolute atomic E-state index is 0.112. The van der Waals surface area contributed by atoms with Gasteiger partial charge in [-0.3, -0.25) is 0 Å². The second kappa shape index (κ2) is 5.76. The third kappa shape index (κ3) is 2.93. The topological polar surface area (TPSA) is 72.6 Å². The molecule has 2 aromatic carbocycles. The van der Waals surface area contributed by atoms with Crippen molar-refractivity contribution >= 4 is 16.7 Å². The SMILES string of the molecule is O=C(O)c1cc(COCc2cccc3ccccc23)on1. The maximum absolute atomic E-state index is 10.7. The molecule has 0 aliphatic rings. The van der Waals surface area contributed by atoms with Crippen molar-refractivity contribution in [2.45, 2.75) is 13.2 Å². The molecule has 0 saturated heterocycles. The number of aromatic carboxylic acids is 1. The second-order valence-corrected chi connectivity index (χ2v) is 4.61. The lowest BCUT2D eigenvalue weighted by Crippen LogP contribution is -1.95. The van der Waals surface area contributed by atoms with Crippen molar-refractivity contribution in [1.29, 1.82) is 0 Å². The Morgan fingerprint density at radius 2 is 1.95 bits per heavy atom. The first-order chi connectivity index (χ1) is 10.2. The zero-order chi connectivity index (χ0) is 14.7. The summed E-state index contributed by atoms with van der Waals surface area (Å²) >= 11 is 0. The molecule has 0 fully saturated rings. The fourth-order valence-electron chi connectivity index (χ4n) is 2.16. The van der Waals surface area contributed by atoms with E-state index in [1.807, 2.05) is 30.3 Å². The summed E-state index contributed by atoms with van der Waals surface area (Å²) in [4.78, 5) is 10.7. The molecule has 0 saturated carbocycles. The van der Waals surface area contributed by atoms with Crippen molar-refractivity contribution in [1.82, 2.24) is 5.16 Å². The summed E-state index contributed by atoms with van der Waals surface area (Å²) in [6.45, 7) is 0.605. The number of carboxylic acids is 1. The lowest BCUT2D eigenvalue weighted by molar-refractivity contribution is 0.0683. The van der Waals surface area contributed by atoms with Crippen molar-refractivity contribution in [3.05, 3.63) is 65.5 Å². The minimum Gasteiger partial charge on any atom is -0.476 e. The summed E-state index contributed by atoms with van der Waals surface area (Å²) in [7, 11) is 0. The normalized spacial score (nSPS) is 10.9. The van der Waals surface area contributed by atoms with Crippen LogP contribution in [-0.4, -0.2) is 16.2 Å². The molecule has 5 nitrogen and oxygen atoms in total.